The number of benzene rings is 3. The molecule has 3 aromatic carbocycles. The smallest absolute Gasteiger partial charge is 0.416 e. The number of alkyl halides is 3. The van der Waals surface area contributed by atoms with E-state index in [0.29, 0.717) is 34.8 Å². The minimum absolute atomic E-state index is 0.0457. The number of carboxylic acids is 1. The minimum atomic E-state index is -4.50. The van der Waals surface area contributed by atoms with Crippen LogP contribution in [0.2, 0.25) is 5.02 Å². The van der Waals surface area contributed by atoms with Crippen LogP contribution in [0.4, 0.5) is 18.9 Å². The molecule has 1 amide bonds. The molecular weight excluding hydrogens is 549 g/mol. The van der Waals surface area contributed by atoms with Crippen molar-refractivity contribution in [2.75, 3.05) is 25.6 Å². The average molecular weight is 579 g/mol. The second-order valence-corrected chi connectivity index (χ2v) is 9.74. The standard InChI is InChI=1S/C29H30ClF3N2O5/c1-17(2)25(35-20-7-4-18(5-8-20)28(38)34-13-12-27(36)37)16-40-21-9-11-23(26(15-21)39-3)22-10-6-19(14-24(22)30)29(31,32)33/h4-11,14-15,17,25,35H,12-13,16H2,1-3H3,(H,34,38)(H,36,37). The second kappa shape index (κ2) is 13.4. The fourth-order valence-corrected chi connectivity index (χ4v) is 4.08. The zero-order chi connectivity index (χ0) is 29.4. The molecule has 40 heavy (non-hydrogen) atoms. The highest BCUT2D eigenvalue weighted by molar-refractivity contribution is 6.33. The Balaban J connectivity index is 1.67. The van der Waals surface area contributed by atoms with Crippen LogP contribution in [0.5, 0.6) is 11.5 Å². The van der Waals surface area contributed by atoms with E-state index < -0.39 is 17.7 Å². The van der Waals surface area contributed by atoms with Crippen molar-refractivity contribution in [1.29, 1.82) is 0 Å². The third kappa shape index (κ3) is 8.29. The molecule has 1 atom stereocenters. The fourth-order valence-electron chi connectivity index (χ4n) is 3.80. The Kier molecular flexibility index (Phi) is 10.3. The van der Waals surface area contributed by atoms with E-state index in [1.165, 1.54) is 13.2 Å². The number of halogens is 4. The van der Waals surface area contributed by atoms with Gasteiger partial charge in [0.1, 0.15) is 18.1 Å². The predicted octanol–water partition coefficient (Wildman–Crippen LogP) is 6.75. The molecule has 0 fully saturated rings. The quantitative estimate of drug-likeness (QED) is 0.220. The number of amides is 1. The highest BCUT2D eigenvalue weighted by atomic mass is 35.5. The fraction of sp³-hybridized carbons (Fsp3) is 0.310. The molecule has 0 bridgehead atoms. The Morgan fingerprint density at radius 2 is 1.68 bits per heavy atom. The molecule has 1 unspecified atom stereocenters. The number of carbonyl (C=O) groups excluding carboxylic acids is 1. The van der Waals surface area contributed by atoms with Crippen LogP contribution < -0.4 is 20.1 Å². The van der Waals surface area contributed by atoms with E-state index in [0.717, 1.165) is 17.8 Å². The summed E-state index contributed by atoms with van der Waals surface area (Å²) in [6.45, 7) is 4.39. The maximum absolute atomic E-state index is 13.0. The van der Waals surface area contributed by atoms with Crippen molar-refractivity contribution in [2.45, 2.75) is 32.5 Å². The first kappa shape index (κ1) is 30.6. The number of carbonyl (C=O) groups is 2. The summed E-state index contributed by atoms with van der Waals surface area (Å²) in [5.74, 6) is -0.271. The van der Waals surface area contributed by atoms with Crippen LogP contribution in [-0.2, 0) is 11.0 Å². The number of rotatable bonds is 12. The summed E-state index contributed by atoms with van der Waals surface area (Å²) in [6.07, 6.45) is -4.65. The van der Waals surface area contributed by atoms with Crippen LogP contribution >= 0.6 is 11.6 Å². The van der Waals surface area contributed by atoms with Crippen LogP contribution in [0.1, 0.15) is 36.2 Å². The molecule has 0 radical (unpaired) electrons. The summed E-state index contributed by atoms with van der Waals surface area (Å²) in [4.78, 5) is 22.8. The Morgan fingerprint density at radius 1 is 1.00 bits per heavy atom. The molecule has 0 aromatic heterocycles. The Bertz CT molecular complexity index is 1330. The number of hydrogen-bond donors (Lipinski definition) is 3. The lowest BCUT2D eigenvalue weighted by atomic mass is 10.0. The van der Waals surface area contributed by atoms with Crippen molar-refractivity contribution in [3.05, 3.63) is 76.8 Å². The van der Waals surface area contributed by atoms with Gasteiger partial charge in [-0.05, 0) is 54.4 Å². The van der Waals surface area contributed by atoms with E-state index in [9.17, 15) is 22.8 Å². The molecule has 3 N–H and O–H groups in total. The molecule has 11 heteroatoms. The highest BCUT2D eigenvalue weighted by Crippen LogP contribution is 2.40. The summed E-state index contributed by atoms with van der Waals surface area (Å²) in [6, 6.07) is 14.9. The van der Waals surface area contributed by atoms with Crippen molar-refractivity contribution >= 4 is 29.2 Å². The van der Waals surface area contributed by atoms with Gasteiger partial charge in [0.15, 0.2) is 0 Å². The van der Waals surface area contributed by atoms with Gasteiger partial charge in [-0.15, -0.1) is 0 Å². The van der Waals surface area contributed by atoms with E-state index in [-0.39, 0.29) is 35.9 Å². The van der Waals surface area contributed by atoms with Crippen LogP contribution in [0.15, 0.2) is 60.7 Å². The third-order valence-electron chi connectivity index (χ3n) is 6.12. The van der Waals surface area contributed by atoms with Crippen molar-refractivity contribution in [1.82, 2.24) is 5.32 Å². The van der Waals surface area contributed by atoms with E-state index in [4.69, 9.17) is 26.2 Å². The van der Waals surface area contributed by atoms with Gasteiger partial charge in [-0.2, -0.15) is 13.2 Å². The Morgan fingerprint density at radius 3 is 2.25 bits per heavy atom. The summed E-state index contributed by atoms with van der Waals surface area (Å²) >= 11 is 6.18. The van der Waals surface area contributed by atoms with Gasteiger partial charge < -0.3 is 25.2 Å². The van der Waals surface area contributed by atoms with E-state index in [1.54, 1.807) is 42.5 Å². The van der Waals surface area contributed by atoms with Gasteiger partial charge in [0.2, 0.25) is 0 Å². The van der Waals surface area contributed by atoms with Crippen molar-refractivity contribution in [3.63, 3.8) is 0 Å². The largest absolute Gasteiger partial charge is 0.496 e. The molecule has 3 rings (SSSR count). The molecule has 0 aliphatic heterocycles. The van der Waals surface area contributed by atoms with Crippen LogP contribution in [-0.4, -0.2) is 43.3 Å². The number of methoxy groups -OCH3 is 1. The van der Waals surface area contributed by atoms with Gasteiger partial charge in [-0.3, -0.25) is 9.59 Å². The molecule has 0 spiro atoms. The number of hydrogen-bond acceptors (Lipinski definition) is 5. The Hall–Kier alpha value is -3.92. The molecule has 0 saturated carbocycles. The Labute approximate surface area is 235 Å². The monoisotopic (exact) mass is 578 g/mol. The van der Waals surface area contributed by atoms with Crippen molar-refractivity contribution < 1.29 is 37.3 Å². The van der Waals surface area contributed by atoms with Gasteiger partial charge in [0.05, 0.1) is 25.1 Å². The maximum Gasteiger partial charge on any atom is 0.416 e. The van der Waals surface area contributed by atoms with Gasteiger partial charge in [-0.1, -0.05) is 31.5 Å². The summed E-state index contributed by atoms with van der Waals surface area (Å²) in [5.41, 5.74) is 1.28. The number of nitrogens with one attached hydrogen (secondary N) is 2. The van der Waals surface area contributed by atoms with Gasteiger partial charge in [0.25, 0.3) is 5.91 Å². The number of carboxylic acid groups (broad SMARTS) is 1. The first-order valence-electron chi connectivity index (χ1n) is 12.4. The second-order valence-electron chi connectivity index (χ2n) is 9.34. The van der Waals surface area contributed by atoms with Crippen LogP contribution in [0.25, 0.3) is 11.1 Å². The minimum Gasteiger partial charge on any atom is -0.496 e. The molecule has 0 aliphatic carbocycles. The lowest BCUT2D eigenvalue weighted by Crippen LogP contribution is -2.32. The zero-order valence-corrected chi connectivity index (χ0v) is 22.9. The molecule has 3 aromatic rings. The normalized spacial score (nSPS) is 12.1. The topological polar surface area (TPSA) is 96.9 Å². The summed E-state index contributed by atoms with van der Waals surface area (Å²) in [5, 5.41) is 14.6. The first-order valence-corrected chi connectivity index (χ1v) is 12.8. The van der Waals surface area contributed by atoms with Gasteiger partial charge in [-0.25, -0.2) is 0 Å². The molecule has 214 valence electrons. The molecule has 0 aliphatic rings. The molecule has 7 nitrogen and oxygen atoms in total. The van der Waals surface area contributed by atoms with Gasteiger partial charge in [0, 0.05) is 40.0 Å². The molecule has 0 heterocycles. The lowest BCUT2D eigenvalue weighted by molar-refractivity contribution is -0.138. The average Bonchev–Trinajstić information content (AvgIpc) is 2.90. The SMILES string of the molecule is COc1cc(OCC(Nc2ccc(C(=O)NCCC(=O)O)cc2)C(C)C)ccc1-c1ccc(C(F)(F)F)cc1Cl. The number of anilines is 1. The first-order chi connectivity index (χ1) is 18.9. The lowest BCUT2D eigenvalue weighted by Gasteiger charge is -2.24. The van der Waals surface area contributed by atoms with Gasteiger partial charge >= 0.3 is 12.1 Å². The summed E-state index contributed by atoms with van der Waals surface area (Å²) < 4.78 is 50.5. The van der Waals surface area contributed by atoms with E-state index in [2.05, 4.69) is 10.6 Å². The zero-order valence-electron chi connectivity index (χ0n) is 22.1. The maximum atomic E-state index is 13.0. The van der Waals surface area contributed by atoms with Crippen molar-refractivity contribution in [3.8, 4) is 22.6 Å². The third-order valence-corrected chi connectivity index (χ3v) is 6.43. The number of ether oxygens (including phenoxy) is 2. The number of aliphatic carboxylic acids is 1. The predicted molar refractivity (Wildman–Crippen MR) is 147 cm³/mol. The van der Waals surface area contributed by atoms with Crippen LogP contribution in [0, 0.1) is 5.92 Å². The molecular formula is C29H30ClF3N2O5. The van der Waals surface area contributed by atoms with Crippen LogP contribution in [0.3, 0.4) is 0 Å². The summed E-state index contributed by atoms with van der Waals surface area (Å²) in [7, 11) is 1.45. The molecule has 0 saturated heterocycles. The van der Waals surface area contributed by atoms with Crippen molar-refractivity contribution in [2.24, 2.45) is 5.92 Å². The van der Waals surface area contributed by atoms with E-state index >= 15 is 0 Å². The highest BCUT2D eigenvalue weighted by Gasteiger charge is 2.31. The van der Waals surface area contributed by atoms with E-state index in [1.807, 2.05) is 13.8 Å².